The van der Waals surface area contributed by atoms with E-state index in [0.717, 1.165) is 10.6 Å². The molecule has 0 saturated carbocycles. The highest BCUT2D eigenvalue weighted by atomic mass is 35.5. The second-order valence-electron chi connectivity index (χ2n) is 5.93. The van der Waals surface area contributed by atoms with Gasteiger partial charge in [-0.2, -0.15) is 5.26 Å². The summed E-state index contributed by atoms with van der Waals surface area (Å²) in [7, 11) is 1.46. The number of nitrogens with zero attached hydrogens (tertiary/aromatic N) is 2. The lowest BCUT2D eigenvalue weighted by Crippen LogP contribution is -2.35. The maximum atomic E-state index is 12.7. The van der Waals surface area contributed by atoms with Crippen LogP contribution in [0.25, 0.3) is 6.08 Å². The molecule has 1 aliphatic rings. The average Bonchev–Trinajstić information content (AvgIpc) is 2.97. The normalized spacial score (nSPS) is 14.8. The summed E-state index contributed by atoms with van der Waals surface area (Å²) < 4.78 is 10.5. The monoisotopic (exact) mass is 397 g/mol. The van der Waals surface area contributed by atoms with Gasteiger partial charge in [0.25, 0.3) is 11.8 Å². The largest absolute Gasteiger partial charge is 0.493 e. The Morgan fingerprint density at radius 1 is 1.21 bits per heavy atom. The number of aryl methyl sites for hydroxylation is 1. The Bertz CT molecular complexity index is 1030. The van der Waals surface area contributed by atoms with E-state index in [-0.39, 0.29) is 12.2 Å². The van der Waals surface area contributed by atoms with Crippen molar-refractivity contribution in [2.75, 3.05) is 18.7 Å². The number of carbonyl (C=O) groups is 2. The second-order valence-corrected chi connectivity index (χ2v) is 6.34. The molecule has 0 atom stereocenters. The van der Waals surface area contributed by atoms with Crippen molar-refractivity contribution >= 4 is 35.2 Å². The highest BCUT2D eigenvalue weighted by Gasteiger charge is 2.34. The molecule has 2 aromatic carbocycles. The molecule has 1 heterocycles. The minimum Gasteiger partial charge on any atom is -0.493 e. The minimum atomic E-state index is -0.523. The molecule has 1 saturated heterocycles. The van der Waals surface area contributed by atoms with E-state index in [2.05, 4.69) is 5.43 Å². The Hall–Kier alpha value is -3.50. The Labute approximate surface area is 166 Å². The molecule has 1 fully saturated rings. The molecule has 3 rings (SSSR count). The number of benzene rings is 2. The summed E-state index contributed by atoms with van der Waals surface area (Å²) in [5.74, 6) is -0.235. The van der Waals surface area contributed by atoms with Gasteiger partial charge in [0.2, 0.25) is 0 Å². The number of ether oxygens (including phenoxy) is 2. The number of amides is 2. The Kier molecular flexibility index (Phi) is 5.52. The van der Waals surface area contributed by atoms with Gasteiger partial charge in [0, 0.05) is 5.02 Å². The lowest BCUT2D eigenvalue weighted by atomic mass is 10.1. The summed E-state index contributed by atoms with van der Waals surface area (Å²) >= 11 is 6.12. The van der Waals surface area contributed by atoms with Crippen LogP contribution in [0, 0.1) is 18.3 Å². The van der Waals surface area contributed by atoms with Gasteiger partial charge >= 0.3 is 0 Å². The Morgan fingerprint density at radius 3 is 2.68 bits per heavy atom. The van der Waals surface area contributed by atoms with Gasteiger partial charge in [0.15, 0.2) is 18.1 Å². The van der Waals surface area contributed by atoms with Crippen molar-refractivity contribution in [2.45, 2.75) is 6.92 Å². The highest BCUT2D eigenvalue weighted by Crippen LogP contribution is 2.30. The van der Waals surface area contributed by atoms with Gasteiger partial charge in [-0.15, -0.1) is 0 Å². The Balaban J connectivity index is 1.90. The molecule has 8 heteroatoms. The third kappa shape index (κ3) is 3.77. The zero-order valence-electron chi connectivity index (χ0n) is 15.2. The molecular weight excluding hydrogens is 382 g/mol. The van der Waals surface area contributed by atoms with Crippen LogP contribution in [0.5, 0.6) is 11.5 Å². The minimum absolute atomic E-state index is 0.0237. The highest BCUT2D eigenvalue weighted by molar-refractivity contribution is 6.33. The molecule has 0 radical (unpaired) electrons. The van der Waals surface area contributed by atoms with E-state index in [4.69, 9.17) is 26.3 Å². The van der Waals surface area contributed by atoms with Gasteiger partial charge in [-0.25, -0.2) is 5.01 Å². The predicted molar refractivity (Wildman–Crippen MR) is 104 cm³/mol. The molecule has 2 amide bonds. The van der Waals surface area contributed by atoms with Crippen molar-refractivity contribution in [2.24, 2.45) is 0 Å². The van der Waals surface area contributed by atoms with E-state index in [1.54, 1.807) is 36.4 Å². The van der Waals surface area contributed by atoms with Crippen LogP contribution in [0.15, 0.2) is 42.0 Å². The molecule has 0 unspecified atom stereocenters. The van der Waals surface area contributed by atoms with Crippen molar-refractivity contribution in [3.63, 3.8) is 0 Å². The molecule has 2 aromatic rings. The summed E-state index contributed by atoms with van der Waals surface area (Å²) in [5.41, 5.74) is 4.41. The van der Waals surface area contributed by atoms with Crippen LogP contribution in [0.3, 0.4) is 0 Å². The van der Waals surface area contributed by atoms with Crippen LogP contribution in [-0.4, -0.2) is 25.5 Å². The predicted octanol–water partition coefficient (Wildman–Crippen LogP) is 3.02. The van der Waals surface area contributed by atoms with Crippen LogP contribution in [0.4, 0.5) is 5.69 Å². The van der Waals surface area contributed by atoms with Gasteiger partial charge in [-0.05, 0) is 48.4 Å². The van der Waals surface area contributed by atoms with Crippen molar-refractivity contribution in [1.82, 2.24) is 5.43 Å². The van der Waals surface area contributed by atoms with Crippen molar-refractivity contribution < 1.29 is 19.1 Å². The molecule has 142 valence electrons. The lowest BCUT2D eigenvalue weighted by molar-refractivity contribution is -0.117. The van der Waals surface area contributed by atoms with E-state index in [1.165, 1.54) is 13.2 Å². The summed E-state index contributed by atoms with van der Waals surface area (Å²) in [5, 5.41) is 10.3. The number of hydrazine groups is 1. The third-order valence-electron chi connectivity index (χ3n) is 4.10. The number of nitrogens with one attached hydrogen (secondary N) is 1. The fourth-order valence-corrected chi connectivity index (χ4v) is 2.80. The first-order chi connectivity index (χ1) is 13.4. The summed E-state index contributed by atoms with van der Waals surface area (Å²) in [6, 6.07) is 11.8. The van der Waals surface area contributed by atoms with Crippen LogP contribution in [0.1, 0.15) is 11.1 Å². The van der Waals surface area contributed by atoms with Crippen molar-refractivity contribution in [3.8, 4) is 17.6 Å². The number of carbonyl (C=O) groups excluding carboxylic acids is 2. The lowest BCUT2D eigenvalue weighted by Gasteiger charge is -2.15. The molecule has 0 bridgehead atoms. The zero-order valence-corrected chi connectivity index (χ0v) is 15.9. The molecule has 0 aliphatic carbocycles. The van der Waals surface area contributed by atoms with Gasteiger partial charge in [-0.3, -0.25) is 15.0 Å². The fourth-order valence-electron chi connectivity index (χ4n) is 2.63. The van der Waals surface area contributed by atoms with E-state index >= 15 is 0 Å². The number of rotatable bonds is 5. The first-order valence-electron chi connectivity index (χ1n) is 8.25. The topological polar surface area (TPSA) is 91.7 Å². The third-order valence-corrected chi connectivity index (χ3v) is 4.50. The SMILES string of the molecule is COc1cc(/C=C2/C(=O)NN(c3ccc(C)c(Cl)c3)C2=O)ccc1OCC#N. The van der Waals surface area contributed by atoms with E-state index in [0.29, 0.717) is 27.8 Å². The quantitative estimate of drug-likeness (QED) is 0.618. The van der Waals surface area contributed by atoms with Gasteiger partial charge in [0.1, 0.15) is 11.6 Å². The number of hydrogen-bond acceptors (Lipinski definition) is 5. The second kappa shape index (κ2) is 8.03. The molecule has 1 aliphatic heterocycles. The maximum Gasteiger partial charge on any atom is 0.282 e. The summed E-state index contributed by atoms with van der Waals surface area (Å²) in [6.45, 7) is 1.73. The fraction of sp³-hybridized carbons (Fsp3) is 0.150. The molecule has 0 aromatic heterocycles. The van der Waals surface area contributed by atoms with Gasteiger partial charge in [-0.1, -0.05) is 23.7 Å². The summed E-state index contributed by atoms with van der Waals surface area (Å²) in [6.07, 6.45) is 1.46. The van der Waals surface area contributed by atoms with E-state index in [1.807, 2.05) is 13.0 Å². The first-order valence-corrected chi connectivity index (χ1v) is 8.63. The van der Waals surface area contributed by atoms with Gasteiger partial charge in [0.05, 0.1) is 12.8 Å². The molecule has 0 spiro atoms. The van der Waals surface area contributed by atoms with E-state index in [9.17, 15) is 9.59 Å². The number of methoxy groups -OCH3 is 1. The Morgan fingerprint density at radius 2 is 2.00 bits per heavy atom. The number of halogens is 1. The van der Waals surface area contributed by atoms with Gasteiger partial charge < -0.3 is 9.47 Å². The average molecular weight is 398 g/mol. The number of hydrogen-bond donors (Lipinski definition) is 1. The van der Waals surface area contributed by atoms with Crippen LogP contribution >= 0.6 is 11.6 Å². The van der Waals surface area contributed by atoms with Crippen LogP contribution in [-0.2, 0) is 9.59 Å². The first kappa shape index (κ1) is 19.3. The number of anilines is 1. The van der Waals surface area contributed by atoms with Crippen molar-refractivity contribution in [3.05, 3.63) is 58.1 Å². The standard InChI is InChI=1S/C20H16ClN3O4/c1-12-3-5-14(11-16(12)21)24-20(26)15(19(25)23-24)9-13-4-6-17(28-8-7-22)18(10-13)27-2/h3-6,9-11H,8H2,1-2H3,(H,23,25)/b15-9-. The summed E-state index contributed by atoms with van der Waals surface area (Å²) in [4.78, 5) is 25.0. The van der Waals surface area contributed by atoms with Crippen LogP contribution in [0.2, 0.25) is 5.02 Å². The molecule has 7 nitrogen and oxygen atoms in total. The van der Waals surface area contributed by atoms with Crippen molar-refractivity contribution in [1.29, 1.82) is 5.26 Å². The molecule has 1 N–H and O–H groups in total. The number of nitriles is 1. The zero-order chi connectivity index (χ0) is 20.3. The van der Waals surface area contributed by atoms with E-state index < -0.39 is 11.8 Å². The smallest absolute Gasteiger partial charge is 0.282 e. The molecular formula is C20H16ClN3O4. The maximum absolute atomic E-state index is 12.7. The molecule has 28 heavy (non-hydrogen) atoms. The van der Waals surface area contributed by atoms with Crippen LogP contribution < -0.4 is 19.9 Å².